The quantitative estimate of drug-likeness (QED) is 0.0223. The van der Waals surface area contributed by atoms with E-state index in [4.69, 9.17) is 28.4 Å². The van der Waals surface area contributed by atoms with Crippen LogP contribution < -0.4 is 0 Å². The summed E-state index contributed by atoms with van der Waals surface area (Å²) < 4.78 is 34.6. The maximum Gasteiger partial charge on any atom is 0.306 e. The molecule has 7 N–H and O–H groups in total. The van der Waals surface area contributed by atoms with Crippen molar-refractivity contribution in [3.8, 4) is 0 Å². The molecule has 11 unspecified atom stereocenters. The molecule has 2 heterocycles. The van der Waals surface area contributed by atoms with Crippen molar-refractivity contribution in [1.29, 1.82) is 0 Å². The van der Waals surface area contributed by atoms with Gasteiger partial charge in [0.2, 0.25) is 0 Å². The Morgan fingerprint density at radius 1 is 0.362 bits per heavy atom. The van der Waals surface area contributed by atoms with Gasteiger partial charge in [0.25, 0.3) is 0 Å². The number of aliphatic hydroxyl groups is 7. The second-order valence-electron chi connectivity index (χ2n) is 24.4. The van der Waals surface area contributed by atoms with Gasteiger partial charge in [-0.25, -0.2) is 0 Å². The van der Waals surface area contributed by atoms with Crippen molar-refractivity contribution in [3.63, 3.8) is 0 Å². The predicted molar refractivity (Wildman–Crippen MR) is 321 cm³/mol. The molecular weight excluding hydrogens is 1020 g/mol. The normalized spacial score (nSPS) is 23.7. The van der Waals surface area contributed by atoms with Crippen molar-refractivity contribution >= 4 is 5.97 Å². The fourth-order valence-electron chi connectivity index (χ4n) is 11.4. The Hall–Kier alpha value is -1.01. The molecule has 0 aromatic carbocycles. The average Bonchev–Trinajstić information content (AvgIpc) is 3.46. The fourth-order valence-corrected chi connectivity index (χ4v) is 11.4. The molecule has 14 nitrogen and oxygen atoms in total. The van der Waals surface area contributed by atoms with Crippen LogP contribution in [0.1, 0.15) is 316 Å². The molecule has 11 atom stereocenters. The second kappa shape index (κ2) is 53.5. The average molecular weight is 1150 g/mol. The molecule has 2 saturated heterocycles. The lowest BCUT2D eigenvalue weighted by atomic mass is 9.98. The number of ether oxygens (including phenoxy) is 6. The summed E-state index contributed by atoms with van der Waals surface area (Å²) in [5.41, 5.74) is 0. The van der Waals surface area contributed by atoms with E-state index >= 15 is 0 Å². The van der Waals surface area contributed by atoms with Gasteiger partial charge in [0.15, 0.2) is 12.6 Å². The van der Waals surface area contributed by atoms with Crippen LogP contribution in [0.2, 0.25) is 0 Å². The first-order valence-electron chi connectivity index (χ1n) is 34.1. The van der Waals surface area contributed by atoms with E-state index in [9.17, 15) is 40.5 Å². The van der Waals surface area contributed by atoms with Crippen LogP contribution in [0.4, 0.5) is 0 Å². The maximum absolute atomic E-state index is 13.1. The lowest BCUT2D eigenvalue weighted by Crippen LogP contribution is -2.61. The molecule has 0 amide bonds. The molecule has 0 saturated carbocycles. The zero-order chi connectivity index (χ0) is 57.9. The zero-order valence-corrected chi connectivity index (χ0v) is 51.6. The first kappa shape index (κ1) is 75.1. The van der Waals surface area contributed by atoms with Crippen molar-refractivity contribution in [2.75, 3.05) is 33.0 Å². The van der Waals surface area contributed by atoms with Crippen LogP contribution in [0.3, 0.4) is 0 Å². The monoisotopic (exact) mass is 1140 g/mol. The van der Waals surface area contributed by atoms with E-state index in [-0.39, 0.29) is 25.6 Å². The van der Waals surface area contributed by atoms with Crippen molar-refractivity contribution in [3.05, 3.63) is 0 Å². The molecule has 0 spiro atoms. The summed E-state index contributed by atoms with van der Waals surface area (Å²) >= 11 is 0. The molecule has 2 rings (SSSR count). The van der Waals surface area contributed by atoms with Gasteiger partial charge >= 0.3 is 5.97 Å². The van der Waals surface area contributed by atoms with Gasteiger partial charge in [-0.05, 0) is 12.8 Å². The topological polar surface area (TPSA) is 214 Å². The van der Waals surface area contributed by atoms with E-state index in [0.717, 1.165) is 44.9 Å². The van der Waals surface area contributed by atoms with Gasteiger partial charge in [0, 0.05) is 13.0 Å². The largest absolute Gasteiger partial charge is 0.457 e. The summed E-state index contributed by atoms with van der Waals surface area (Å²) in [6.45, 7) is 3.79. The lowest BCUT2D eigenvalue weighted by molar-refractivity contribution is -0.332. The van der Waals surface area contributed by atoms with Gasteiger partial charge in [-0.3, -0.25) is 4.79 Å². The molecule has 2 aliphatic heterocycles. The molecule has 2 aliphatic rings. The van der Waals surface area contributed by atoms with E-state index in [2.05, 4.69) is 13.8 Å². The Kier molecular flexibility index (Phi) is 50.2. The van der Waals surface area contributed by atoms with Crippen molar-refractivity contribution in [2.24, 2.45) is 0 Å². The van der Waals surface area contributed by atoms with Crippen molar-refractivity contribution in [1.82, 2.24) is 0 Å². The molecule has 0 aromatic heterocycles. The first-order chi connectivity index (χ1) is 39.1. The van der Waals surface area contributed by atoms with Crippen LogP contribution in [0.25, 0.3) is 0 Å². The summed E-state index contributed by atoms with van der Waals surface area (Å²) in [5.74, 6) is -0.364. The maximum atomic E-state index is 13.1. The Morgan fingerprint density at radius 2 is 0.662 bits per heavy atom. The molecule has 0 bridgehead atoms. The number of rotatable bonds is 58. The highest BCUT2D eigenvalue weighted by molar-refractivity contribution is 5.69. The molecule has 14 heteroatoms. The number of hydrogen-bond donors (Lipinski definition) is 7. The summed E-state index contributed by atoms with van der Waals surface area (Å²) in [5, 5.41) is 72.6. The number of carbonyl (C=O) groups is 1. The molecule has 0 aliphatic carbocycles. The number of aliphatic hydroxyl groups excluding tert-OH is 7. The molecule has 80 heavy (non-hydrogen) atoms. The highest BCUT2D eigenvalue weighted by Crippen LogP contribution is 2.27. The Bertz CT molecular complexity index is 1330. The minimum Gasteiger partial charge on any atom is -0.457 e. The summed E-state index contributed by atoms with van der Waals surface area (Å²) in [4.78, 5) is 13.1. The van der Waals surface area contributed by atoms with Gasteiger partial charge in [-0.2, -0.15) is 0 Å². The summed E-state index contributed by atoms with van der Waals surface area (Å²) in [7, 11) is 0. The number of unbranched alkanes of at least 4 members (excludes halogenated alkanes) is 44. The van der Waals surface area contributed by atoms with Crippen LogP contribution in [-0.2, 0) is 33.2 Å². The third-order valence-corrected chi connectivity index (χ3v) is 16.9. The van der Waals surface area contributed by atoms with Crippen molar-refractivity contribution in [2.45, 2.75) is 383 Å². The van der Waals surface area contributed by atoms with Crippen molar-refractivity contribution < 1.29 is 69.0 Å². The minimum absolute atomic E-state index is 0.0715. The standard InChI is InChI=1S/C66H128O14/c1-3-5-7-9-11-13-15-17-19-21-23-25-26-27-28-30-32-34-36-38-40-42-44-46-48-50-75-52-55(53-76-65-64(74)62(72)60(70)57(80-65)54-77-66-63(73)61(71)59(69)56(51-67)79-66)78-58(68)49-47-45-43-41-39-37-35-33-31-29-24-22-20-18-16-14-12-10-8-6-4-2/h55-57,59-67,69-74H,3-54H2,1-2H3. The third kappa shape index (κ3) is 38.8. The van der Waals surface area contributed by atoms with Gasteiger partial charge < -0.3 is 64.2 Å². The van der Waals surface area contributed by atoms with Gasteiger partial charge in [-0.15, -0.1) is 0 Å². The minimum atomic E-state index is -1.70. The Balaban J connectivity index is 1.63. The molecule has 2 fully saturated rings. The smallest absolute Gasteiger partial charge is 0.306 e. The molecule has 0 radical (unpaired) electrons. The number of hydrogen-bond acceptors (Lipinski definition) is 14. The second-order valence-corrected chi connectivity index (χ2v) is 24.4. The lowest BCUT2D eigenvalue weighted by Gasteiger charge is -2.42. The fraction of sp³-hybridized carbons (Fsp3) is 0.985. The van der Waals surface area contributed by atoms with E-state index in [1.165, 1.54) is 250 Å². The van der Waals surface area contributed by atoms with Crippen LogP contribution in [0, 0.1) is 0 Å². The summed E-state index contributed by atoms with van der Waals surface area (Å²) in [6.07, 6.45) is 44.7. The number of esters is 1. The third-order valence-electron chi connectivity index (χ3n) is 16.9. The van der Waals surface area contributed by atoms with Crippen LogP contribution in [0.5, 0.6) is 0 Å². The molecule has 0 aromatic rings. The zero-order valence-electron chi connectivity index (χ0n) is 51.6. The van der Waals surface area contributed by atoms with E-state index in [1.54, 1.807) is 0 Å². The van der Waals surface area contributed by atoms with Gasteiger partial charge in [-0.1, -0.05) is 296 Å². The van der Waals surface area contributed by atoms with Crippen LogP contribution in [0.15, 0.2) is 0 Å². The van der Waals surface area contributed by atoms with Gasteiger partial charge in [0.1, 0.15) is 54.9 Å². The van der Waals surface area contributed by atoms with E-state index < -0.39 is 80.7 Å². The Labute approximate surface area is 489 Å². The highest BCUT2D eigenvalue weighted by atomic mass is 16.7. The summed E-state index contributed by atoms with van der Waals surface area (Å²) in [6, 6.07) is 0. The highest BCUT2D eigenvalue weighted by Gasteiger charge is 2.47. The van der Waals surface area contributed by atoms with E-state index in [1.807, 2.05) is 0 Å². The molecular formula is C66H128O14. The predicted octanol–water partition coefficient (Wildman–Crippen LogP) is 13.9. The van der Waals surface area contributed by atoms with Gasteiger partial charge in [0.05, 0.1) is 26.4 Å². The van der Waals surface area contributed by atoms with E-state index in [0.29, 0.717) is 6.61 Å². The Morgan fingerprint density at radius 3 is 1.01 bits per heavy atom. The first-order valence-corrected chi connectivity index (χ1v) is 34.1. The number of carbonyl (C=O) groups excluding carboxylic acids is 1. The SMILES string of the molecule is CCCCCCCCCCCCCCCCCCCCCCCCCCCOCC(COC1OC(COC2OC(CO)C(O)C(O)C2O)C(O)C(O)C1O)OC(=O)CCCCCCCCCCCCCCCCCCCCCCC. The molecule has 476 valence electrons. The van der Waals surface area contributed by atoms with Crippen LogP contribution >= 0.6 is 0 Å². The van der Waals surface area contributed by atoms with Crippen LogP contribution in [-0.4, -0.2) is 142 Å².